The van der Waals surface area contributed by atoms with Crippen LogP contribution in [0.25, 0.3) is 10.8 Å². The lowest BCUT2D eigenvalue weighted by atomic mass is 9.96. The maximum absolute atomic E-state index is 4.76. The third-order valence-electron chi connectivity index (χ3n) is 5.70. The van der Waals surface area contributed by atoms with E-state index in [9.17, 15) is 0 Å². The van der Waals surface area contributed by atoms with Crippen molar-refractivity contribution < 1.29 is 0 Å². The van der Waals surface area contributed by atoms with E-state index < -0.39 is 0 Å². The lowest BCUT2D eigenvalue weighted by Crippen LogP contribution is -2.36. The van der Waals surface area contributed by atoms with E-state index >= 15 is 0 Å². The number of hydrogen-bond acceptors (Lipinski definition) is 4. The maximum Gasteiger partial charge on any atom is 0.137 e. The van der Waals surface area contributed by atoms with E-state index in [1.807, 2.05) is 6.20 Å². The van der Waals surface area contributed by atoms with Crippen LogP contribution < -0.4 is 4.90 Å². The average molecular weight is 333 g/mol. The molecule has 25 heavy (non-hydrogen) atoms. The fourth-order valence-corrected chi connectivity index (χ4v) is 4.48. The Morgan fingerprint density at radius 2 is 2.04 bits per heavy atom. The molecule has 0 radical (unpaired) electrons. The van der Waals surface area contributed by atoms with Gasteiger partial charge in [0.2, 0.25) is 0 Å². The Hall–Kier alpha value is -2.43. The SMILES string of the molecule is Cc1cccc2ccnc(N3CCC[C@H](c4nnc5n4CCC5)C3)c12. The molecule has 0 unspecified atom stereocenters. The highest BCUT2D eigenvalue weighted by Crippen LogP contribution is 2.34. The maximum atomic E-state index is 4.76. The van der Waals surface area contributed by atoms with Gasteiger partial charge in [0.25, 0.3) is 0 Å². The molecule has 0 amide bonds. The van der Waals surface area contributed by atoms with E-state index in [1.54, 1.807) is 0 Å². The molecule has 5 heteroatoms. The molecule has 1 fully saturated rings. The summed E-state index contributed by atoms with van der Waals surface area (Å²) in [7, 11) is 0. The average Bonchev–Trinajstić information content (AvgIpc) is 3.25. The van der Waals surface area contributed by atoms with Crippen LogP contribution in [0.5, 0.6) is 0 Å². The molecule has 0 N–H and O–H groups in total. The summed E-state index contributed by atoms with van der Waals surface area (Å²) in [6.07, 6.45) is 6.59. The Morgan fingerprint density at radius 1 is 1.08 bits per heavy atom. The summed E-state index contributed by atoms with van der Waals surface area (Å²) in [5.41, 5.74) is 1.30. The van der Waals surface area contributed by atoms with Gasteiger partial charge in [0, 0.05) is 43.6 Å². The molecule has 2 aromatic heterocycles. The summed E-state index contributed by atoms with van der Waals surface area (Å²) >= 11 is 0. The summed E-state index contributed by atoms with van der Waals surface area (Å²) in [6.45, 7) is 5.32. The number of anilines is 1. The van der Waals surface area contributed by atoms with Crippen LogP contribution in [0.3, 0.4) is 0 Å². The normalized spacial score (nSPS) is 20.2. The van der Waals surface area contributed by atoms with Gasteiger partial charge in [-0.1, -0.05) is 18.2 Å². The van der Waals surface area contributed by atoms with Gasteiger partial charge in [-0.2, -0.15) is 0 Å². The minimum Gasteiger partial charge on any atom is -0.355 e. The Bertz CT molecular complexity index is 924. The number of piperidine rings is 1. The zero-order valence-corrected chi connectivity index (χ0v) is 14.6. The van der Waals surface area contributed by atoms with E-state index in [-0.39, 0.29) is 0 Å². The number of benzene rings is 1. The van der Waals surface area contributed by atoms with Gasteiger partial charge >= 0.3 is 0 Å². The van der Waals surface area contributed by atoms with E-state index in [1.165, 1.54) is 47.2 Å². The summed E-state index contributed by atoms with van der Waals surface area (Å²) < 4.78 is 2.36. The molecular weight excluding hydrogens is 310 g/mol. The summed E-state index contributed by atoms with van der Waals surface area (Å²) in [5.74, 6) is 3.94. The van der Waals surface area contributed by atoms with E-state index in [4.69, 9.17) is 4.98 Å². The van der Waals surface area contributed by atoms with Crippen molar-refractivity contribution >= 4 is 16.6 Å². The zero-order valence-electron chi connectivity index (χ0n) is 14.6. The number of rotatable bonds is 2. The molecule has 3 aromatic rings. The molecule has 0 spiro atoms. The van der Waals surface area contributed by atoms with Crippen LogP contribution in [0, 0.1) is 6.92 Å². The van der Waals surface area contributed by atoms with E-state index in [0.29, 0.717) is 5.92 Å². The molecule has 0 bridgehead atoms. The molecule has 5 rings (SSSR count). The molecule has 0 aliphatic carbocycles. The summed E-state index contributed by atoms with van der Waals surface area (Å²) in [4.78, 5) is 7.22. The fourth-order valence-electron chi connectivity index (χ4n) is 4.48. The van der Waals surface area contributed by atoms with E-state index in [2.05, 4.69) is 50.9 Å². The monoisotopic (exact) mass is 333 g/mol. The van der Waals surface area contributed by atoms with Crippen LogP contribution in [-0.4, -0.2) is 32.8 Å². The van der Waals surface area contributed by atoms with Crippen molar-refractivity contribution in [3.8, 4) is 0 Å². The Morgan fingerprint density at radius 3 is 3.00 bits per heavy atom. The molecule has 1 atom stereocenters. The van der Waals surface area contributed by atoms with Crippen LogP contribution in [0.15, 0.2) is 30.5 Å². The topological polar surface area (TPSA) is 46.8 Å². The highest BCUT2D eigenvalue weighted by molar-refractivity contribution is 5.94. The second kappa shape index (κ2) is 5.83. The molecule has 2 aliphatic rings. The highest BCUT2D eigenvalue weighted by atomic mass is 15.3. The number of nitrogens with zero attached hydrogens (tertiary/aromatic N) is 5. The van der Waals surface area contributed by atoms with Crippen LogP contribution in [0.1, 0.15) is 42.4 Å². The number of pyridine rings is 1. The predicted molar refractivity (Wildman–Crippen MR) is 99.0 cm³/mol. The first-order valence-corrected chi connectivity index (χ1v) is 9.32. The second-order valence-electron chi connectivity index (χ2n) is 7.32. The van der Waals surface area contributed by atoms with Crippen molar-refractivity contribution in [1.82, 2.24) is 19.7 Å². The summed E-state index contributed by atoms with van der Waals surface area (Å²) in [5, 5.41) is 11.5. The van der Waals surface area contributed by atoms with Crippen LogP contribution in [0.2, 0.25) is 0 Å². The Labute approximate surface area is 147 Å². The van der Waals surface area contributed by atoms with Crippen LogP contribution >= 0.6 is 0 Å². The molecule has 1 saturated heterocycles. The smallest absolute Gasteiger partial charge is 0.137 e. The van der Waals surface area contributed by atoms with E-state index in [0.717, 1.165) is 31.9 Å². The lowest BCUT2D eigenvalue weighted by molar-refractivity contribution is 0.471. The van der Waals surface area contributed by atoms with Gasteiger partial charge in [-0.05, 0) is 43.2 Å². The number of aromatic nitrogens is 4. The molecule has 128 valence electrons. The molecular formula is C20H23N5. The quantitative estimate of drug-likeness (QED) is 0.720. The zero-order chi connectivity index (χ0) is 16.8. The van der Waals surface area contributed by atoms with Gasteiger partial charge in [0.1, 0.15) is 17.5 Å². The number of aryl methyl sites for hydroxylation is 2. The second-order valence-corrected chi connectivity index (χ2v) is 7.32. The summed E-state index contributed by atoms with van der Waals surface area (Å²) in [6, 6.07) is 8.60. The van der Waals surface area contributed by atoms with Crippen molar-refractivity contribution in [3.05, 3.63) is 47.7 Å². The van der Waals surface area contributed by atoms with Crippen LogP contribution in [-0.2, 0) is 13.0 Å². The number of fused-ring (bicyclic) bond motifs is 2. The van der Waals surface area contributed by atoms with Gasteiger partial charge in [0.05, 0.1) is 0 Å². The fraction of sp³-hybridized carbons (Fsp3) is 0.450. The van der Waals surface area contributed by atoms with Gasteiger partial charge in [-0.25, -0.2) is 4.98 Å². The third kappa shape index (κ3) is 2.41. The molecule has 2 aliphatic heterocycles. The van der Waals surface area contributed by atoms with Crippen molar-refractivity contribution in [2.45, 2.75) is 45.1 Å². The Kier molecular flexibility index (Phi) is 3.47. The molecule has 5 nitrogen and oxygen atoms in total. The van der Waals surface area contributed by atoms with Gasteiger partial charge < -0.3 is 9.47 Å². The molecule has 4 heterocycles. The standard InChI is InChI=1S/C20H23N5/c1-14-5-2-6-15-9-10-21-20(18(14)15)24-11-3-7-16(13-24)19-23-22-17-8-4-12-25(17)19/h2,5-6,9-10,16H,3-4,7-8,11-13H2,1H3/t16-/m0/s1. The Balaban J connectivity index is 1.51. The minimum absolute atomic E-state index is 0.453. The van der Waals surface area contributed by atoms with Crippen molar-refractivity contribution in [3.63, 3.8) is 0 Å². The van der Waals surface area contributed by atoms with Crippen LogP contribution in [0.4, 0.5) is 5.82 Å². The van der Waals surface area contributed by atoms with Crippen molar-refractivity contribution in [2.75, 3.05) is 18.0 Å². The van der Waals surface area contributed by atoms with Crippen molar-refractivity contribution in [1.29, 1.82) is 0 Å². The van der Waals surface area contributed by atoms with Crippen molar-refractivity contribution in [2.24, 2.45) is 0 Å². The molecule has 0 saturated carbocycles. The highest BCUT2D eigenvalue weighted by Gasteiger charge is 2.29. The van der Waals surface area contributed by atoms with Gasteiger partial charge in [-0.3, -0.25) is 0 Å². The predicted octanol–water partition coefficient (Wildman–Crippen LogP) is 3.46. The minimum atomic E-state index is 0.453. The molecule has 1 aromatic carbocycles. The first kappa shape index (κ1) is 14.9. The first-order valence-electron chi connectivity index (χ1n) is 9.32. The lowest BCUT2D eigenvalue weighted by Gasteiger charge is -2.34. The largest absolute Gasteiger partial charge is 0.355 e. The van der Waals surface area contributed by atoms with Gasteiger partial charge in [-0.15, -0.1) is 10.2 Å². The number of hydrogen-bond donors (Lipinski definition) is 0. The van der Waals surface area contributed by atoms with Gasteiger partial charge in [0.15, 0.2) is 0 Å². The third-order valence-corrected chi connectivity index (χ3v) is 5.70. The first-order chi connectivity index (χ1) is 12.3.